The molecule has 0 radical (unpaired) electrons. The highest BCUT2D eigenvalue weighted by Crippen LogP contribution is 2.45. The molecule has 2 aromatic carbocycles. The van der Waals surface area contributed by atoms with Gasteiger partial charge in [0.05, 0.1) is 7.11 Å². The third kappa shape index (κ3) is 5.04. The first-order valence-corrected chi connectivity index (χ1v) is 10.6. The number of nitrogens with zero attached hydrogens (tertiary/aromatic N) is 1. The van der Waals surface area contributed by atoms with Gasteiger partial charge >= 0.3 is 6.18 Å². The molecular weight excluding hydrogens is 452 g/mol. The van der Waals surface area contributed by atoms with Crippen molar-refractivity contribution in [2.24, 2.45) is 0 Å². The van der Waals surface area contributed by atoms with Crippen molar-refractivity contribution in [3.05, 3.63) is 65.1 Å². The molecule has 1 amide bonds. The van der Waals surface area contributed by atoms with Gasteiger partial charge < -0.3 is 19.7 Å². The maximum absolute atomic E-state index is 14.2. The summed E-state index contributed by atoms with van der Waals surface area (Å²) in [5, 5.41) is 11.5. The predicted octanol–water partition coefficient (Wildman–Crippen LogP) is 5.22. The first-order valence-electron chi connectivity index (χ1n) is 10.6. The van der Waals surface area contributed by atoms with Gasteiger partial charge in [0.15, 0.2) is 5.60 Å². The predicted molar refractivity (Wildman–Crippen MR) is 122 cm³/mol. The highest BCUT2D eigenvalue weighted by atomic mass is 19.4. The molecular formula is C25H28F4N2O3. The van der Waals surface area contributed by atoms with Gasteiger partial charge in [0.2, 0.25) is 0 Å². The van der Waals surface area contributed by atoms with Gasteiger partial charge in [-0.25, -0.2) is 4.39 Å². The molecule has 0 aliphatic carbocycles. The van der Waals surface area contributed by atoms with Gasteiger partial charge in [-0.05, 0) is 54.3 Å². The number of aromatic amines is 1. The molecule has 2 N–H and O–H groups in total. The van der Waals surface area contributed by atoms with E-state index in [0.29, 0.717) is 16.5 Å². The maximum atomic E-state index is 14.2. The van der Waals surface area contributed by atoms with Crippen molar-refractivity contribution in [3.63, 3.8) is 0 Å². The summed E-state index contributed by atoms with van der Waals surface area (Å²) in [6.45, 7) is 3.01. The van der Waals surface area contributed by atoms with Crippen LogP contribution in [-0.4, -0.2) is 53.9 Å². The fraction of sp³-hybridized carbons (Fsp3) is 0.400. The van der Waals surface area contributed by atoms with E-state index in [2.05, 4.69) is 4.98 Å². The number of fused-ring (bicyclic) bond motifs is 1. The van der Waals surface area contributed by atoms with E-state index in [4.69, 9.17) is 4.74 Å². The number of amides is 1. The minimum Gasteiger partial charge on any atom is -0.496 e. The van der Waals surface area contributed by atoms with Crippen LogP contribution in [0.3, 0.4) is 0 Å². The Morgan fingerprint density at radius 1 is 1.09 bits per heavy atom. The molecule has 5 nitrogen and oxygen atoms in total. The number of methoxy groups -OCH3 is 1. The molecule has 1 atom stereocenters. The molecule has 3 rings (SSSR count). The lowest BCUT2D eigenvalue weighted by Crippen LogP contribution is -2.51. The summed E-state index contributed by atoms with van der Waals surface area (Å²) in [6.07, 6.45) is -6.44. The van der Waals surface area contributed by atoms with Gasteiger partial charge in [-0.2, -0.15) is 13.2 Å². The molecule has 0 bridgehead atoms. The summed E-state index contributed by atoms with van der Waals surface area (Å²) in [5.41, 5.74) is -3.08. The zero-order valence-electron chi connectivity index (χ0n) is 19.7. The van der Waals surface area contributed by atoms with E-state index in [9.17, 15) is 27.5 Å². The SMILES string of the molecule is COc1ccc(F)cc1C(C)(C)CC(O)(Cc1cc2cc(C(=O)N(C)C)ccc2[nH]1)C(F)(F)F. The van der Waals surface area contributed by atoms with Gasteiger partial charge in [0.1, 0.15) is 11.6 Å². The van der Waals surface area contributed by atoms with E-state index in [0.717, 1.165) is 12.1 Å². The van der Waals surface area contributed by atoms with Gasteiger partial charge in [-0.15, -0.1) is 0 Å². The number of alkyl halides is 3. The Kier molecular flexibility index (Phi) is 6.72. The van der Waals surface area contributed by atoms with Crippen LogP contribution in [0.1, 0.15) is 41.9 Å². The molecule has 1 heterocycles. The van der Waals surface area contributed by atoms with Crippen molar-refractivity contribution in [3.8, 4) is 5.75 Å². The smallest absolute Gasteiger partial charge is 0.417 e. The third-order valence-corrected chi connectivity index (χ3v) is 5.97. The fourth-order valence-corrected chi connectivity index (χ4v) is 4.29. The zero-order valence-corrected chi connectivity index (χ0v) is 19.7. The normalized spacial score (nSPS) is 14.2. The van der Waals surface area contributed by atoms with E-state index in [1.165, 1.54) is 38.0 Å². The summed E-state index contributed by atoms with van der Waals surface area (Å²) < 4.78 is 61.7. The Labute approximate surface area is 195 Å². The second-order valence-electron chi connectivity index (χ2n) is 9.41. The molecule has 34 heavy (non-hydrogen) atoms. The van der Waals surface area contributed by atoms with Crippen molar-refractivity contribution < 1.29 is 32.2 Å². The van der Waals surface area contributed by atoms with Crippen LogP contribution in [0.25, 0.3) is 10.9 Å². The number of rotatable bonds is 7. The third-order valence-electron chi connectivity index (χ3n) is 5.97. The molecule has 9 heteroatoms. The maximum Gasteiger partial charge on any atom is 0.417 e. The van der Waals surface area contributed by atoms with Crippen LogP contribution in [-0.2, 0) is 11.8 Å². The number of aliphatic hydroxyl groups is 1. The number of benzene rings is 2. The molecule has 3 aromatic rings. The Morgan fingerprint density at radius 2 is 1.76 bits per heavy atom. The lowest BCUT2D eigenvalue weighted by molar-refractivity contribution is -0.266. The van der Waals surface area contributed by atoms with Crippen molar-refractivity contribution >= 4 is 16.8 Å². The molecule has 0 aliphatic heterocycles. The molecule has 1 unspecified atom stereocenters. The number of aromatic nitrogens is 1. The number of hydrogen-bond donors (Lipinski definition) is 2. The highest BCUT2D eigenvalue weighted by Gasteiger charge is 2.56. The Morgan fingerprint density at radius 3 is 2.35 bits per heavy atom. The van der Waals surface area contributed by atoms with E-state index in [1.807, 2.05) is 0 Å². The summed E-state index contributed by atoms with van der Waals surface area (Å²) in [7, 11) is 4.56. The summed E-state index contributed by atoms with van der Waals surface area (Å²) in [4.78, 5) is 16.5. The van der Waals surface area contributed by atoms with Crippen LogP contribution in [0.2, 0.25) is 0 Å². The standard InChI is InChI=1S/C25H28F4N2O3/c1-23(2,19-12-17(26)7-9-21(19)34-5)14-24(33,25(27,28)29)13-18-11-16-10-15(22(32)31(3)4)6-8-20(16)30-18/h6-12,30,33H,13-14H2,1-5H3. The first-order chi connectivity index (χ1) is 15.7. The number of carbonyl (C=O) groups excluding carboxylic acids is 1. The average molecular weight is 481 g/mol. The molecule has 184 valence electrons. The van der Waals surface area contributed by atoms with E-state index < -0.39 is 35.9 Å². The highest BCUT2D eigenvalue weighted by molar-refractivity contribution is 5.98. The van der Waals surface area contributed by atoms with Gasteiger partial charge in [0, 0.05) is 48.2 Å². The van der Waals surface area contributed by atoms with Crippen LogP contribution < -0.4 is 4.74 Å². The lowest BCUT2D eigenvalue weighted by Gasteiger charge is -2.38. The lowest BCUT2D eigenvalue weighted by atomic mass is 9.73. The van der Waals surface area contributed by atoms with Gasteiger partial charge in [-0.3, -0.25) is 4.79 Å². The number of halogens is 4. The summed E-state index contributed by atoms with van der Waals surface area (Å²) in [5.74, 6) is -0.611. The van der Waals surface area contributed by atoms with Crippen molar-refractivity contribution in [1.82, 2.24) is 9.88 Å². The number of ether oxygens (including phenoxy) is 1. The second kappa shape index (κ2) is 8.94. The van der Waals surface area contributed by atoms with E-state index in [-0.39, 0.29) is 22.9 Å². The summed E-state index contributed by atoms with van der Waals surface area (Å²) >= 11 is 0. The number of H-pyrrole nitrogens is 1. The van der Waals surface area contributed by atoms with Crippen LogP contribution in [0.5, 0.6) is 5.75 Å². The number of nitrogens with one attached hydrogen (secondary N) is 1. The van der Waals surface area contributed by atoms with Crippen LogP contribution in [0, 0.1) is 5.82 Å². The van der Waals surface area contributed by atoms with Crippen LogP contribution in [0.4, 0.5) is 17.6 Å². The monoisotopic (exact) mass is 480 g/mol. The number of hydrogen-bond acceptors (Lipinski definition) is 3. The van der Waals surface area contributed by atoms with Crippen molar-refractivity contribution in [2.75, 3.05) is 21.2 Å². The molecule has 1 aromatic heterocycles. The zero-order chi connectivity index (χ0) is 25.5. The van der Waals surface area contributed by atoms with Crippen molar-refractivity contribution in [1.29, 1.82) is 0 Å². The average Bonchev–Trinajstić information content (AvgIpc) is 3.12. The first kappa shape index (κ1) is 25.6. The molecule has 0 spiro atoms. The molecule has 0 aliphatic rings. The van der Waals surface area contributed by atoms with Crippen molar-refractivity contribution in [2.45, 2.75) is 43.9 Å². The Bertz CT molecular complexity index is 1200. The van der Waals surface area contributed by atoms with Gasteiger partial charge in [0.25, 0.3) is 5.91 Å². The second-order valence-corrected chi connectivity index (χ2v) is 9.41. The molecule has 0 saturated carbocycles. The largest absolute Gasteiger partial charge is 0.496 e. The summed E-state index contributed by atoms with van der Waals surface area (Å²) in [6, 6.07) is 9.92. The minimum atomic E-state index is -4.96. The fourth-order valence-electron chi connectivity index (χ4n) is 4.29. The molecule has 0 saturated heterocycles. The Hall–Kier alpha value is -3.07. The number of carbonyl (C=O) groups is 1. The minimum absolute atomic E-state index is 0.159. The molecule has 0 fully saturated rings. The van der Waals surface area contributed by atoms with E-state index in [1.54, 1.807) is 32.3 Å². The quantitative estimate of drug-likeness (QED) is 0.456. The van der Waals surface area contributed by atoms with Gasteiger partial charge in [-0.1, -0.05) is 13.8 Å². The Balaban J connectivity index is 1.98. The van der Waals surface area contributed by atoms with Crippen LogP contribution >= 0.6 is 0 Å². The van der Waals surface area contributed by atoms with E-state index >= 15 is 0 Å². The topological polar surface area (TPSA) is 65.6 Å². The van der Waals surface area contributed by atoms with Crippen LogP contribution in [0.15, 0.2) is 42.5 Å².